The Morgan fingerprint density at radius 2 is 2.00 bits per heavy atom. The van der Waals surface area contributed by atoms with Crippen LogP contribution in [0.3, 0.4) is 0 Å². The predicted octanol–water partition coefficient (Wildman–Crippen LogP) is 3.86. The zero-order valence-corrected chi connectivity index (χ0v) is 15.8. The smallest absolute Gasteiger partial charge is 0.357 e. The molecule has 2 heterocycles. The normalized spacial score (nSPS) is 14.6. The molecule has 1 fully saturated rings. The first-order valence-electron chi connectivity index (χ1n) is 9.40. The number of carbonyl (C=O) groups is 1. The van der Waals surface area contributed by atoms with Crippen molar-refractivity contribution < 1.29 is 9.53 Å². The highest BCUT2D eigenvalue weighted by Crippen LogP contribution is 2.33. The van der Waals surface area contributed by atoms with Gasteiger partial charge in [0.05, 0.1) is 6.61 Å². The summed E-state index contributed by atoms with van der Waals surface area (Å²) in [6.07, 6.45) is 1.94. The molecule has 27 heavy (non-hydrogen) atoms. The number of benzene rings is 1. The van der Waals surface area contributed by atoms with Gasteiger partial charge in [-0.15, -0.1) is 0 Å². The number of hydrogen-bond donors (Lipinski definition) is 3. The fraction of sp³-hybridized carbons (Fsp3) is 0.381. The highest BCUT2D eigenvalue weighted by Gasteiger charge is 2.25. The zero-order chi connectivity index (χ0) is 19.2. The molecule has 0 radical (unpaired) electrons. The molecule has 1 aliphatic rings. The number of rotatable bonds is 6. The topological polar surface area (TPSA) is 87.1 Å². The first-order valence-corrected chi connectivity index (χ1v) is 9.40. The van der Waals surface area contributed by atoms with Crippen molar-refractivity contribution in [2.75, 3.05) is 25.0 Å². The first kappa shape index (κ1) is 19.0. The third kappa shape index (κ3) is 4.52. The first-order chi connectivity index (χ1) is 13.1. The Balaban J connectivity index is 2.11. The summed E-state index contributed by atoms with van der Waals surface area (Å²) in [6.45, 7) is 5.71. The predicted molar refractivity (Wildman–Crippen MR) is 107 cm³/mol. The third-order valence-corrected chi connectivity index (χ3v) is 4.73. The monoisotopic (exact) mass is 366 g/mol. The molecule has 1 aromatic heterocycles. The molecular formula is C21H26N4O2. The van der Waals surface area contributed by atoms with Crippen LogP contribution in [-0.2, 0) is 4.74 Å². The van der Waals surface area contributed by atoms with Crippen molar-refractivity contribution in [2.24, 2.45) is 0 Å². The lowest BCUT2D eigenvalue weighted by Crippen LogP contribution is -2.28. The van der Waals surface area contributed by atoms with E-state index in [1.165, 1.54) is 0 Å². The highest BCUT2D eigenvalue weighted by molar-refractivity contribution is 6.04. The van der Waals surface area contributed by atoms with Crippen LogP contribution >= 0.6 is 0 Å². The summed E-state index contributed by atoms with van der Waals surface area (Å²) in [6, 6.07) is 11.5. The number of aromatic nitrogens is 1. The van der Waals surface area contributed by atoms with E-state index < -0.39 is 5.97 Å². The van der Waals surface area contributed by atoms with Gasteiger partial charge in [-0.2, -0.15) is 0 Å². The molecule has 0 amide bonds. The average Bonchev–Trinajstić information content (AvgIpc) is 2.69. The van der Waals surface area contributed by atoms with E-state index in [1.807, 2.05) is 36.4 Å². The van der Waals surface area contributed by atoms with E-state index in [9.17, 15) is 4.79 Å². The quantitative estimate of drug-likeness (QED) is 0.534. The van der Waals surface area contributed by atoms with Crippen LogP contribution in [0.4, 0.5) is 11.5 Å². The molecule has 1 aliphatic heterocycles. The zero-order valence-electron chi connectivity index (χ0n) is 15.8. The molecule has 2 aromatic rings. The van der Waals surface area contributed by atoms with Gasteiger partial charge in [-0.25, -0.2) is 9.78 Å². The van der Waals surface area contributed by atoms with Gasteiger partial charge in [0.1, 0.15) is 5.82 Å². The standard InChI is InChI=1S/C21H26N4O2/c1-3-27-21(26)18-13-17(15-9-11-23-12-10-15)19(14(2)22)20(25-18)24-16-7-5-4-6-8-16/h4-8,13,15,22-23H,3,9-12H2,1-2H3,(H,24,25). The van der Waals surface area contributed by atoms with Gasteiger partial charge in [0.15, 0.2) is 5.69 Å². The van der Waals surface area contributed by atoms with Crippen LogP contribution in [0.1, 0.15) is 54.2 Å². The van der Waals surface area contributed by atoms with Crippen molar-refractivity contribution in [3.05, 3.63) is 53.2 Å². The lowest BCUT2D eigenvalue weighted by Gasteiger charge is -2.26. The Morgan fingerprint density at radius 3 is 2.63 bits per heavy atom. The van der Waals surface area contributed by atoms with Gasteiger partial charge >= 0.3 is 5.97 Å². The van der Waals surface area contributed by atoms with Crippen LogP contribution in [0.5, 0.6) is 0 Å². The number of nitrogens with zero attached hydrogens (tertiary/aromatic N) is 1. The number of hydrogen-bond acceptors (Lipinski definition) is 6. The van der Waals surface area contributed by atoms with E-state index in [1.54, 1.807) is 13.8 Å². The Morgan fingerprint density at radius 1 is 1.30 bits per heavy atom. The fourth-order valence-electron chi connectivity index (χ4n) is 3.47. The maximum atomic E-state index is 12.4. The van der Waals surface area contributed by atoms with Gasteiger partial charge in [0.2, 0.25) is 0 Å². The van der Waals surface area contributed by atoms with E-state index >= 15 is 0 Å². The van der Waals surface area contributed by atoms with Crippen molar-refractivity contribution >= 4 is 23.2 Å². The lowest BCUT2D eigenvalue weighted by molar-refractivity contribution is 0.0519. The van der Waals surface area contributed by atoms with Crippen LogP contribution in [0.25, 0.3) is 0 Å². The van der Waals surface area contributed by atoms with Crippen molar-refractivity contribution in [1.29, 1.82) is 5.41 Å². The molecule has 142 valence electrons. The van der Waals surface area contributed by atoms with Crippen LogP contribution < -0.4 is 10.6 Å². The molecular weight excluding hydrogens is 340 g/mol. The molecule has 1 saturated heterocycles. The summed E-state index contributed by atoms with van der Waals surface area (Å²) >= 11 is 0. The molecule has 0 unspecified atom stereocenters. The highest BCUT2D eigenvalue weighted by atomic mass is 16.5. The largest absolute Gasteiger partial charge is 0.461 e. The number of ether oxygens (including phenoxy) is 1. The number of anilines is 2. The summed E-state index contributed by atoms with van der Waals surface area (Å²) in [7, 11) is 0. The summed E-state index contributed by atoms with van der Waals surface area (Å²) in [4.78, 5) is 16.9. The maximum absolute atomic E-state index is 12.4. The van der Waals surface area contributed by atoms with Gasteiger partial charge in [0.25, 0.3) is 0 Å². The van der Waals surface area contributed by atoms with E-state index in [0.717, 1.165) is 42.7 Å². The fourth-order valence-corrected chi connectivity index (χ4v) is 3.47. The lowest BCUT2D eigenvalue weighted by atomic mass is 9.86. The minimum Gasteiger partial charge on any atom is -0.461 e. The molecule has 3 N–H and O–H groups in total. The number of carbonyl (C=O) groups excluding carboxylic acids is 1. The molecule has 0 aliphatic carbocycles. The van der Waals surface area contributed by atoms with Gasteiger partial charge in [-0.1, -0.05) is 18.2 Å². The van der Waals surface area contributed by atoms with Crippen LogP contribution in [0.2, 0.25) is 0 Å². The average molecular weight is 366 g/mol. The summed E-state index contributed by atoms with van der Waals surface area (Å²) in [5.41, 5.74) is 3.36. The number of pyridine rings is 1. The number of esters is 1. The second-order valence-electron chi connectivity index (χ2n) is 6.68. The van der Waals surface area contributed by atoms with Crippen LogP contribution in [0, 0.1) is 5.41 Å². The Kier molecular flexibility index (Phi) is 6.19. The maximum Gasteiger partial charge on any atom is 0.357 e. The Bertz CT molecular complexity index is 814. The van der Waals surface area contributed by atoms with E-state index in [-0.39, 0.29) is 11.6 Å². The van der Waals surface area contributed by atoms with Gasteiger partial charge in [-0.05, 0) is 69.5 Å². The van der Waals surface area contributed by atoms with Crippen LogP contribution in [-0.4, -0.2) is 36.4 Å². The molecule has 0 bridgehead atoms. The van der Waals surface area contributed by atoms with Gasteiger partial charge in [-0.3, -0.25) is 0 Å². The molecule has 0 spiro atoms. The molecule has 1 aromatic carbocycles. The third-order valence-electron chi connectivity index (χ3n) is 4.73. The van der Waals surface area contributed by atoms with Gasteiger partial charge < -0.3 is 20.8 Å². The minimum absolute atomic E-state index is 0.286. The number of nitrogens with one attached hydrogen (secondary N) is 3. The molecule has 0 atom stereocenters. The Hall–Kier alpha value is -2.73. The van der Waals surface area contributed by atoms with Gasteiger partial charge in [0, 0.05) is 17.0 Å². The summed E-state index contributed by atoms with van der Waals surface area (Å²) < 4.78 is 5.18. The van der Waals surface area contributed by atoms with E-state index in [0.29, 0.717) is 18.1 Å². The molecule has 6 heteroatoms. The minimum atomic E-state index is -0.432. The van der Waals surface area contributed by atoms with Crippen molar-refractivity contribution in [1.82, 2.24) is 10.3 Å². The van der Waals surface area contributed by atoms with Crippen LogP contribution in [0.15, 0.2) is 36.4 Å². The number of piperidine rings is 1. The van der Waals surface area contributed by atoms with Crippen molar-refractivity contribution in [2.45, 2.75) is 32.6 Å². The van der Waals surface area contributed by atoms with E-state index in [4.69, 9.17) is 10.1 Å². The van der Waals surface area contributed by atoms with Crippen molar-refractivity contribution in [3.63, 3.8) is 0 Å². The summed E-state index contributed by atoms with van der Waals surface area (Å²) in [5, 5.41) is 15.0. The molecule has 3 rings (SSSR count). The SMILES string of the molecule is CCOC(=O)c1cc(C2CCNCC2)c(C(C)=N)c(Nc2ccccc2)n1. The second-order valence-corrected chi connectivity index (χ2v) is 6.68. The van der Waals surface area contributed by atoms with E-state index in [2.05, 4.69) is 15.6 Å². The van der Waals surface area contributed by atoms with Crippen molar-refractivity contribution in [3.8, 4) is 0 Å². The molecule has 6 nitrogen and oxygen atoms in total. The molecule has 0 saturated carbocycles. The Labute approximate surface area is 159 Å². The summed E-state index contributed by atoms with van der Waals surface area (Å²) in [5.74, 6) is 0.389. The number of para-hydroxylation sites is 1. The second kappa shape index (κ2) is 8.77.